The van der Waals surface area contributed by atoms with Crippen LogP contribution < -0.4 is 0 Å². The molecule has 12 heavy (non-hydrogen) atoms. The molecule has 1 unspecified atom stereocenters. The summed E-state index contributed by atoms with van der Waals surface area (Å²) in [4.78, 5) is 0. The topological polar surface area (TPSA) is 27.7 Å². The van der Waals surface area contributed by atoms with Gasteiger partial charge in [-0.2, -0.15) is 0 Å². The first-order valence-corrected chi connectivity index (χ1v) is 4.56. The molecule has 0 saturated carbocycles. The van der Waals surface area contributed by atoms with Crippen molar-refractivity contribution in [3.05, 3.63) is 0 Å². The van der Waals surface area contributed by atoms with Crippen LogP contribution in [0.2, 0.25) is 0 Å². The van der Waals surface area contributed by atoms with E-state index in [2.05, 4.69) is 13.8 Å². The molecule has 1 saturated heterocycles. The first kappa shape index (κ1) is 9.96. The molecule has 0 aliphatic carbocycles. The predicted octanol–water partition coefficient (Wildman–Crippen LogP) is 1.07. The fourth-order valence-electron chi connectivity index (χ4n) is 1.07. The highest BCUT2D eigenvalue weighted by Crippen LogP contribution is 2.02. The molecular weight excluding hydrogens is 156 g/mol. The van der Waals surface area contributed by atoms with E-state index in [0.717, 1.165) is 13.2 Å². The van der Waals surface area contributed by atoms with E-state index < -0.39 is 0 Å². The Bertz CT molecular complexity index is 108. The molecule has 72 valence electrons. The smallest absolute Gasteiger partial charge is 0.104 e. The van der Waals surface area contributed by atoms with Crippen molar-refractivity contribution in [2.24, 2.45) is 5.92 Å². The summed E-state index contributed by atoms with van der Waals surface area (Å²) in [6, 6.07) is 0. The van der Waals surface area contributed by atoms with E-state index in [1.807, 2.05) is 0 Å². The minimum absolute atomic E-state index is 0.150. The van der Waals surface area contributed by atoms with Crippen molar-refractivity contribution in [3.8, 4) is 0 Å². The lowest BCUT2D eigenvalue weighted by molar-refractivity contribution is -0.117. The molecule has 3 heteroatoms. The Labute approximate surface area is 74.0 Å². The molecule has 1 atom stereocenters. The lowest BCUT2D eigenvalue weighted by Crippen LogP contribution is -2.32. The molecule has 1 fully saturated rings. The van der Waals surface area contributed by atoms with Gasteiger partial charge in [0, 0.05) is 6.61 Å². The van der Waals surface area contributed by atoms with Gasteiger partial charge < -0.3 is 14.2 Å². The Balaban J connectivity index is 1.98. The van der Waals surface area contributed by atoms with Gasteiger partial charge in [-0.05, 0) is 5.92 Å². The highest BCUT2D eigenvalue weighted by atomic mass is 16.6. The van der Waals surface area contributed by atoms with Crippen molar-refractivity contribution in [1.29, 1.82) is 0 Å². The van der Waals surface area contributed by atoms with Crippen molar-refractivity contribution < 1.29 is 14.2 Å². The molecule has 0 aromatic rings. The van der Waals surface area contributed by atoms with Crippen LogP contribution in [0.5, 0.6) is 0 Å². The van der Waals surface area contributed by atoms with Gasteiger partial charge in [0.2, 0.25) is 0 Å². The minimum atomic E-state index is 0.150. The summed E-state index contributed by atoms with van der Waals surface area (Å²) >= 11 is 0. The summed E-state index contributed by atoms with van der Waals surface area (Å²) in [5, 5.41) is 0. The third-order valence-corrected chi connectivity index (χ3v) is 1.64. The van der Waals surface area contributed by atoms with E-state index >= 15 is 0 Å². The summed E-state index contributed by atoms with van der Waals surface area (Å²) in [7, 11) is 0. The number of hydrogen-bond acceptors (Lipinski definition) is 3. The van der Waals surface area contributed by atoms with E-state index in [1.165, 1.54) is 0 Å². The highest BCUT2D eigenvalue weighted by molar-refractivity contribution is 4.59. The van der Waals surface area contributed by atoms with E-state index in [-0.39, 0.29) is 6.10 Å². The van der Waals surface area contributed by atoms with Gasteiger partial charge in [-0.3, -0.25) is 0 Å². The average Bonchev–Trinajstić information content (AvgIpc) is 2.05. The molecule has 0 spiro atoms. The van der Waals surface area contributed by atoms with E-state index in [1.54, 1.807) is 0 Å². The molecule has 1 rings (SSSR count). The van der Waals surface area contributed by atoms with E-state index in [4.69, 9.17) is 14.2 Å². The summed E-state index contributed by atoms with van der Waals surface area (Å²) in [5.74, 6) is 0.592. The van der Waals surface area contributed by atoms with Gasteiger partial charge in [0.05, 0.1) is 26.4 Å². The van der Waals surface area contributed by atoms with Gasteiger partial charge in [0.25, 0.3) is 0 Å². The van der Waals surface area contributed by atoms with Gasteiger partial charge in [0.1, 0.15) is 6.10 Å². The zero-order valence-corrected chi connectivity index (χ0v) is 7.91. The van der Waals surface area contributed by atoms with Crippen molar-refractivity contribution in [2.45, 2.75) is 20.0 Å². The van der Waals surface area contributed by atoms with Crippen LogP contribution in [0.3, 0.4) is 0 Å². The normalized spacial score (nSPS) is 24.8. The first-order valence-electron chi connectivity index (χ1n) is 4.56. The molecule has 1 heterocycles. The monoisotopic (exact) mass is 174 g/mol. The van der Waals surface area contributed by atoms with Gasteiger partial charge in [-0.25, -0.2) is 0 Å². The lowest BCUT2D eigenvalue weighted by Gasteiger charge is -2.22. The second-order valence-electron chi connectivity index (χ2n) is 3.50. The minimum Gasteiger partial charge on any atom is -0.378 e. The SMILES string of the molecule is CC(C)COCC1COCCO1. The Morgan fingerprint density at radius 1 is 1.42 bits per heavy atom. The average molecular weight is 174 g/mol. The van der Waals surface area contributed by atoms with Crippen LogP contribution in [0.25, 0.3) is 0 Å². The molecule has 0 aromatic heterocycles. The van der Waals surface area contributed by atoms with Crippen LogP contribution in [-0.4, -0.2) is 39.1 Å². The molecule has 3 nitrogen and oxygen atoms in total. The van der Waals surface area contributed by atoms with Crippen LogP contribution >= 0.6 is 0 Å². The van der Waals surface area contributed by atoms with Crippen molar-refractivity contribution >= 4 is 0 Å². The number of ether oxygens (including phenoxy) is 3. The summed E-state index contributed by atoms with van der Waals surface area (Å²) < 4.78 is 16.1. The van der Waals surface area contributed by atoms with Gasteiger partial charge in [-0.1, -0.05) is 13.8 Å². The maximum atomic E-state index is 5.43. The van der Waals surface area contributed by atoms with Crippen molar-refractivity contribution in [2.75, 3.05) is 33.0 Å². The molecular formula is C9H18O3. The fraction of sp³-hybridized carbons (Fsp3) is 1.00. The number of hydrogen-bond donors (Lipinski definition) is 0. The predicted molar refractivity (Wildman–Crippen MR) is 46.2 cm³/mol. The van der Waals surface area contributed by atoms with Gasteiger partial charge >= 0.3 is 0 Å². The molecule has 0 radical (unpaired) electrons. The summed E-state index contributed by atoms with van der Waals surface area (Å²) in [5.41, 5.74) is 0. The third-order valence-electron chi connectivity index (χ3n) is 1.64. The van der Waals surface area contributed by atoms with Gasteiger partial charge in [-0.15, -0.1) is 0 Å². The van der Waals surface area contributed by atoms with Crippen LogP contribution in [0.4, 0.5) is 0 Å². The molecule has 1 aliphatic heterocycles. The zero-order valence-electron chi connectivity index (χ0n) is 7.91. The van der Waals surface area contributed by atoms with E-state index in [9.17, 15) is 0 Å². The van der Waals surface area contributed by atoms with Crippen LogP contribution in [0.1, 0.15) is 13.8 Å². The Kier molecular flexibility index (Phi) is 4.58. The van der Waals surface area contributed by atoms with Crippen LogP contribution in [0, 0.1) is 5.92 Å². The quantitative estimate of drug-likeness (QED) is 0.638. The molecule has 0 aromatic carbocycles. The Morgan fingerprint density at radius 3 is 2.83 bits per heavy atom. The van der Waals surface area contributed by atoms with Crippen molar-refractivity contribution in [1.82, 2.24) is 0 Å². The Morgan fingerprint density at radius 2 is 2.25 bits per heavy atom. The second-order valence-corrected chi connectivity index (χ2v) is 3.50. The summed E-state index contributed by atoms with van der Waals surface area (Å²) in [6.07, 6.45) is 0.150. The number of rotatable bonds is 4. The summed E-state index contributed by atoms with van der Waals surface area (Å²) in [6.45, 7) is 7.85. The van der Waals surface area contributed by atoms with Crippen molar-refractivity contribution in [3.63, 3.8) is 0 Å². The first-order chi connectivity index (χ1) is 5.79. The third kappa shape index (κ3) is 4.04. The largest absolute Gasteiger partial charge is 0.378 e. The Hall–Kier alpha value is -0.120. The second kappa shape index (κ2) is 5.51. The standard InChI is InChI=1S/C9H18O3/c1-8(2)5-11-7-9-6-10-3-4-12-9/h8-9H,3-7H2,1-2H3. The zero-order chi connectivity index (χ0) is 8.81. The lowest BCUT2D eigenvalue weighted by atomic mass is 10.2. The maximum Gasteiger partial charge on any atom is 0.104 e. The molecule has 0 N–H and O–H groups in total. The van der Waals surface area contributed by atoms with Crippen LogP contribution in [-0.2, 0) is 14.2 Å². The molecule has 0 amide bonds. The molecule has 1 aliphatic rings. The fourth-order valence-corrected chi connectivity index (χ4v) is 1.07. The molecule has 0 bridgehead atoms. The van der Waals surface area contributed by atoms with E-state index in [0.29, 0.717) is 25.7 Å². The maximum absolute atomic E-state index is 5.43. The van der Waals surface area contributed by atoms with Gasteiger partial charge in [0.15, 0.2) is 0 Å². The highest BCUT2D eigenvalue weighted by Gasteiger charge is 2.13. The van der Waals surface area contributed by atoms with Crippen LogP contribution in [0.15, 0.2) is 0 Å².